The van der Waals surface area contributed by atoms with Crippen molar-refractivity contribution in [3.63, 3.8) is 0 Å². The molecule has 2 atom stereocenters. The first-order chi connectivity index (χ1) is 12.5. The van der Waals surface area contributed by atoms with E-state index < -0.39 is 0 Å². The third-order valence-electron chi connectivity index (χ3n) is 4.88. The van der Waals surface area contributed by atoms with Gasteiger partial charge in [-0.1, -0.05) is 31.2 Å². The average Bonchev–Trinajstić information content (AvgIpc) is 2.64. The van der Waals surface area contributed by atoms with Crippen molar-refractivity contribution in [2.45, 2.75) is 32.7 Å². The second-order valence-corrected chi connectivity index (χ2v) is 7.49. The van der Waals surface area contributed by atoms with Crippen molar-refractivity contribution < 1.29 is 4.39 Å². The highest BCUT2D eigenvalue weighted by atomic mass is 32.1. The maximum absolute atomic E-state index is 13.7. The molecule has 26 heavy (non-hydrogen) atoms. The number of hydrogen-bond donors (Lipinski definition) is 2. The van der Waals surface area contributed by atoms with E-state index in [0.29, 0.717) is 10.8 Å². The maximum Gasteiger partial charge on any atom is 0.171 e. The molecule has 3 nitrogen and oxygen atoms in total. The molecule has 1 aliphatic heterocycles. The first-order valence-electron chi connectivity index (χ1n) is 9.20. The minimum Gasteiger partial charge on any atom is -0.371 e. The van der Waals surface area contributed by atoms with Crippen LogP contribution in [-0.2, 0) is 0 Å². The maximum atomic E-state index is 13.7. The Kier molecular flexibility index (Phi) is 6.09. The summed E-state index contributed by atoms with van der Waals surface area (Å²) in [6, 6.07) is 15.2. The summed E-state index contributed by atoms with van der Waals surface area (Å²) in [6.07, 6.45) is 2.58. The Morgan fingerprint density at radius 1 is 1.19 bits per heavy atom. The van der Waals surface area contributed by atoms with Gasteiger partial charge in [0.15, 0.2) is 5.11 Å². The van der Waals surface area contributed by atoms with E-state index in [9.17, 15) is 4.39 Å². The Balaban J connectivity index is 1.58. The lowest BCUT2D eigenvalue weighted by atomic mass is 9.99. The summed E-state index contributed by atoms with van der Waals surface area (Å²) >= 11 is 5.32. The Morgan fingerprint density at radius 3 is 2.62 bits per heavy atom. The molecule has 1 saturated heterocycles. The van der Waals surface area contributed by atoms with Crippen LogP contribution >= 0.6 is 12.2 Å². The van der Waals surface area contributed by atoms with Crippen molar-refractivity contribution in [2.24, 2.45) is 5.92 Å². The number of nitrogens with zero attached hydrogens (tertiary/aromatic N) is 1. The Hall–Kier alpha value is -2.14. The number of para-hydroxylation sites is 1. The molecule has 5 heteroatoms. The molecule has 2 aromatic rings. The number of anilines is 2. The van der Waals surface area contributed by atoms with E-state index in [1.165, 1.54) is 24.6 Å². The molecule has 2 aromatic carbocycles. The Labute approximate surface area is 160 Å². The van der Waals surface area contributed by atoms with E-state index in [1.807, 2.05) is 6.92 Å². The van der Waals surface area contributed by atoms with Gasteiger partial charge in [0.2, 0.25) is 0 Å². The van der Waals surface area contributed by atoms with Crippen molar-refractivity contribution in [1.82, 2.24) is 5.32 Å². The molecule has 138 valence electrons. The fourth-order valence-electron chi connectivity index (χ4n) is 3.40. The van der Waals surface area contributed by atoms with E-state index in [4.69, 9.17) is 12.2 Å². The van der Waals surface area contributed by atoms with Gasteiger partial charge in [-0.25, -0.2) is 4.39 Å². The zero-order valence-electron chi connectivity index (χ0n) is 15.3. The van der Waals surface area contributed by atoms with Crippen LogP contribution in [0.5, 0.6) is 0 Å². The molecule has 0 unspecified atom stereocenters. The number of thiocarbonyl (C=S) groups is 1. The number of halogens is 1. The molecule has 0 radical (unpaired) electrons. The Morgan fingerprint density at radius 2 is 1.92 bits per heavy atom. The van der Waals surface area contributed by atoms with E-state index in [2.05, 4.69) is 46.7 Å². The third-order valence-corrected chi connectivity index (χ3v) is 5.10. The van der Waals surface area contributed by atoms with Gasteiger partial charge in [0.1, 0.15) is 5.82 Å². The molecule has 1 fully saturated rings. The van der Waals surface area contributed by atoms with E-state index in [0.717, 1.165) is 24.6 Å². The van der Waals surface area contributed by atoms with Crippen LogP contribution in [0.15, 0.2) is 48.5 Å². The number of nitrogens with one attached hydrogen (secondary N) is 2. The highest BCUT2D eigenvalue weighted by Gasteiger charge is 2.17. The van der Waals surface area contributed by atoms with E-state index in [-0.39, 0.29) is 11.9 Å². The normalized spacial score (nSPS) is 18.3. The molecule has 0 aliphatic carbocycles. The van der Waals surface area contributed by atoms with Crippen molar-refractivity contribution in [1.29, 1.82) is 0 Å². The largest absolute Gasteiger partial charge is 0.371 e. The summed E-state index contributed by atoms with van der Waals surface area (Å²) in [5.41, 5.74) is 2.81. The predicted molar refractivity (Wildman–Crippen MR) is 111 cm³/mol. The van der Waals surface area contributed by atoms with Gasteiger partial charge in [0, 0.05) is 18.8 Å². The van der Waals surface area contributed by atoms with Crippen LogP contribution in [0.25, 0.3) is 0 Å². The van der Waals surface area contributed by atoms with Crippen LogP contribution in [0.1, 0.15) is 38.3 Å². The molecule has 1 aliphatic rings. The first kappa shape index (κ1) is 18.6. The van der Waals surface area contributed by atoms with Crippen LogP contribution in [-0.4, -0.2) is 18.2 Å². The summed E-state index contributed by atoms with van der Waals surface area (Å²) in [5, 5.41) is 6.55. The molecule has 3 rings (SSSR count). The van der Waals surface area contributed by atoms with E-state index >= 15 is 0 Å². The lowest BCUT2D eigenvalue weighted by Crippen LogP contribution is -2.34. The van der Waals surface area contributed by atoms with Crippen LogP contribution < -0.4 is 15.5 Å². The lowest BCUT2D eigenvalue weighted by molar-refractivity contribution is 0.447. The highest BCUT2D eigenvalue weighted by molar-refractivity contribution is 7.80. The van der Waals surface area contributed by atoms with Gasteiger partial charge in [-0.2, -0.15) is 0 Å². The molecule has 0 amide bonds. The summed E-state index contributed by atoms with van der Waals surface area (Å²) in [6.45, 7) is 6.63. The SMILES string of the molecule is C[C@@H]1CCCN(c2ccc([C@H](C)NC(=S)Nc3ccccc3F)cc2)C1. The standard InChI is InChI=1S/C21H26FN3S/c1-15-6-5-13-25(14-15)18-11-9-17(10-12-18)16(2)23-21(26)24-20-8-4-3-7-19(20)22/h3-4,7-12,15-16H,5-6,13-14H2,1-2H3,(H2,23,24,26)/t15-,16+/m1/s1. The molecule has 0 saturated carbocycles. The summed E-state index contributed by atoms with van der Waals surface area (Å²) < 4.78 is 13.7. The smallest absolute Gasteiger partial charge is 0.171 e. The Bertz CT molecular complexity index is 747. The van der Waals surface area contributed by atoms with Gasteiger partial charge >= 0.3 is 0 Å². The average molecular weight is 372 g/mol. The van der Waals surface area contributed by atoms with Gasteiger partial charge < -0.3 is 15.5 Å². The van der Waals surface area contributed by atoms with Crippen LogP contribution in [0, 0.1) is 11.7 Å². The summed E-state index contributed by atoms with van der Waals surface area (Å²) in [7, 11) is 0. The van der Waals surface area contributed by atoms with Gasteiger partial charge in [-0.15, -0.1) is 0 Å². The summed E-state index contributed by atoms with van der Waals surface area (Å²) in [5.74, 6) is 0.440. The van der Waals surface area contributed by atoms with Crippen molar-refractivity contribution in [3.8, 4) is 0 Å². The zero-order valence-corrected chi connectivity index (χ0v) is 16.2. The first-order valence-corrected chi connectivity index (χ1v) is 9.60. The lowest BCUT2D eigenvalue weighted by Gasteiger charge is -2.33. The minimum absolute atomic E-state index is 0.0381. The molecule has 0 spiro atoms. The highest BCUT2D eigenvalue weighted by Crippen LogP contribution is 2.24. The monoisotopic (exact) mass is 371 g/mol. The van der Waals surface area contributed by atoms with E-state index in [1.54, 1.807) is 18.2 Å². The number of benzene rings is 2. The fraction of sp³-hybridized carbons (Fsp3) is 0.381. The second kappa shape index (κ2) is 8.49. The van der Waals surface area contributed by atoms with Gasteiger partial charge in [0.25, 0.3) is 0 Å². The number of hydrogen-bond acceptors (Lipinski definition) is 2. The molecular weight excluding hydrogens is 345 g/mol. The van der Waals surface area contributed by atoms with Gasteiger partial charge in [-0.05, 0) is 67.7 Å². The van der Waals surface area contributed by atoms with Crippen LogP contribution in [0.3, 0.4) is 0 Å². The number of rotatable bonds is 4. The second-order valence-electron chi connectivity index (χ2n) is 7.08. The summed E-state index contributed by atoms with van der Waals surface area (Å²) in [4.78, 5) is 2.46. The van der Waals surface area contributed by atoms with Crippen LogP contribution in [0.4, 0.5) is 15.8 Å². The van der Waals surface area contributed by atoms with Crippen molar-refractivity contribution >= 4 is 28.7 Å². The molecule has 2 N–H and O–H groups in total. The zero-order chi connectivity index (χ0) is 18.5. The van der Waals surface area contributed by atoms with Crippen molar-refractivity contribution in [3.05, 3.63) is 59.9 Å². The molecule has 1 heterocycles. The van der Waals surface area contributed by atoms with Gasteiger partial charge in [-0.3, -0.25) is 0 Å². The minimum atomic E-state index is -0.315. The molecule has 0 aromatic heterocycles. The predicted octanol–water partition coefficient (Wildman–Crippen LogP) is 5.11. The van der Waals surface area contributed by atoms with Gasteiger partial charge in [0.05, 0.1) is 11.7 Å². The molecular formula is C21H26FN3S. The fourth-order valence-corrected chi connectivity index (χ4v) is 3.69. The third kappa shape index (κ3) is 4.73. The topological polar surface area (TPSA) is 27.3 Å². The van der Waals surface area contributed by atoms with Crippen LogP contribution in [0.2, 0.25) is 0 Å². The molecule has 0 bridgehead atoms. The number of piperidine rings is 1. The quantitative estimate of drug-likeness (QED) is 0.731. The van der Waals surface area contributed by atoms with Crippen molar-refractivity contribution in [2.75, 3.05) is 23.3 Å².